The summed E-state index contributed by atoms with van der Waals surface area (Å²) in [6.07, 6.45) is 5.00. The molecule has 0 atom stereocenters. The van der Waals surface area contributed by atoms with Crippen molar-refractivity contribution in [2.75, 3.05) is 7.11 Å². The highest BCUT2D eigenvalue weighted by molar-refractivity contribution is 9.10. The lowest BCUT2D eigenvalue weighted by Crippen LogP contribution is -2.41. The van der Waals surface area contributed by atoms with Gasteiger partial charge in [0.05, 0.1) is 21.5 Å². The van der Waals surface area contributed by atoms with Gasteiger partial charge in [-0.05, 0) is 48.5 Å². The van der Waals surface area contributed by atoms with Crippen molar-refractivity contribution >= 4 is 21.7 Å². The lowest BCUT2D eigenvalue weighted by molar-refractivity contribution is -0.131. The van der Waals surface area contributed by atoms with Crippen LogP contribution in [0.4, 0.5) is 0 Å². The van der Waals surface area contributed by atoms with Crippen molar-refractivity contribution in [2.45, 2.75) is 64.5 Å². The van der Waals surface area contributed by atoms with Crippen LogP contribution in [0.5, 0.6) is 0 Å². The minimum Gasteiger partial charge on any atom is -0.378 e. The molecule has 20 heavy (non-hydrogen) atoms. The maximum atomic E-state index is 12.4. The smallest absolute Gasteiger partial charge is 0.141 e. The van der Waals surface area contributed by atoms with Gasteiger partial charge in [-0.1, -0.05) is 6.92 Å². The van der Waals surface area contributed by atoms with Crippen LogP contribution in [-0.2, 0) is 28.9 Å². The summed E-state index contributed by atoms with van der Waals surface area (Å²) in [5, 5.41) is 4.54. The molecule has 1 heterocycles. The molecule has 1 aliphatic carbocycles. The molecule has 1 aromatic rings. The zero-order chi connectivity index (χ0) is 14.8. The Labute approximate surface area is 129 Å². The molecule has 1 aromatic heterocycles. The van der Waals surface area contributed by atoms with Gasteiger partial charge in [0.1, 0.15) is 5.78 Å². The molecule has 0 bridgehead atoms. The number of nitrogens with zero attached hydrogens (tertiary/aromatic N) is 2. The number of methoxy groups -OCH3 is 1. The minimum absolute atomic E-state index is 0.186. The zero-order valence-corrected chi connectivity index (χ0v) is 14.1. The van der Waals surface area contributed by atoms with Crippen LogP contribution in [0.2, 0.25) is 0 Å². The number of ether oxygens (including phenoxy) is 1. The Bertz CT molecular complexity index is 487. The maximum absolute atomic E-state index is 12.4. The number of ketones is 1. The fraction of sp³-hybridized carbons (Fsp3) is 0.733. The van der Waals surface area contributed by atoms with Crippen molar-refractivity contribution in [3.8, 4) is 0 Å². The van der Waals surface area contributed by atoms with Crippen LogP contribution in [0.25, 0.3) is 0 Å². The summed E-state index contributed by atoms with van der Waals surface area (Å²) < 4.78 is 8.47. The van der Waals surface area contributed by atoms with Crippen LogP contribution in [0.1, 0.15) is 50.9 Å². The van der Waals surface area contributed by atoms with Crippen molar-refractivity contribution in [2.24, 2.45) is 0 Å². The zero-order valence-electron chi connectivity index (χ0n) is 12.5. The second kappa shape index (κ2) is 6.39. The van der Waals surface area contributed by atoms with E-state index in [1.807, 2.05) is 4.68 Å². The topological polar surface area (TPSA) is 44.1 Å². The van der Waals surface area contributed by atoms with E-state index in [0.717, 1.165) is 48.1 Å². The Hall–Kier alpha value is -0.680. The standard InChI is InChI=1S/C15H23BrN2O2/c1-4-12-14(16)13(18(5-2)17-12)9-11(19)10-15(20-3)7-6-8-15/h4-10H2,1-3H3. The molecular formula is C15H23BrN2O2. The molecule has 0 amide bonds. The normalized spacial score (nSPS) is 17.0. The van der Waals surface area contributed by atoms with E-state index in [4.69, 9.17) is 4.74 Å². The molecule has 5 heteroatoms. The number of aryl methyl sites for hydroxylation is 2. The second-order valence-corrected chi connectivity index (χ2v) is 6.30. The van der Waals surface area contributed by atoms with Crippen LogP contribution >= 0.6 is 15.9 Å². The number of Topliss-reactive ketones (excluding diaryl/α,β-unsaturated/α-hetero) is 1. The Kier molecular flexibility index (Phi) is 5.02. The molecular weight excluding hydrogens is 320 g/mol. The third kappa shape index (κ3) is 2.98. The van der Waals surface area contributed by atoms with E-state index in [-0.39, 0.29) is 11.4 Å². The lowest BCUT2D eigenvalue weighted by atomic mass is 9.76. The van der Waals surface area contributed by atoms with Crippen molar-refractivity contribution < 1.29 is 9.53 Å². The van der Waals surface area contributed by atoms with E-state index in [2.05, 4.69) is 34.9 Å². The highest BCUT2D eigenvalue weighted by Gasteiger charge is 2.39. The van der Waals surface area contributed by atoms with E-state index >= 15 is 0 Å². The van der Waals surface area contributed by atoms with Gasteiger partial charge in [-0.2, -0.15) is 5.10 Å². The first-order valence-corrected chi connectivity index (χ1v) is 8.15. The first kappa shape index (κ1) is 15.7. The van der Waals surface area contributed by atoms with E-state index in [1.54, 1.807) is 7.11 Å². The number of rotatable bonds is 7. The maximum Gasteiger partial charge on any atom is 0.141 e. The minimum atomic E-state index is -0.186. The summed E-state index contributed by atoms with van der Waals surface area (Å²) in [4.78, 5) is 12.4. The second-order valence-electron chi connectivity index (χ2n) is 5.51. The quantitative estimate of drug-likeness (QED) is 0.763. The van der Waals surface area contributed by atoms with E-state index < -0.39 is 0 Å². The van der Waals surface area contributed by atoms with Crippen LogP contribution < -0.4 is 0 Å². The molecule has 0 aliphatic heterocycles. The largest absolute Gasteiger partial charge is 0.378 e. The molecule has 0 unspecified atom stereocenters. The number of carbonyl (C=O) groups excluding carboxylic acids is 1. The Morgan fingerprint density at radius 1 is 1.45 bits per heavy atom. The number of carbonyl (C=O) groups is 1. The van der Waals surface area contributed by atoms with Crippen LogP contribution in [-0.4, -0.2) is 28.3 Å². The van der Waals surface area contributed by atoms with Crippen molar-refractivity contribution in [1.29, 1.82) is 0 Å². The van der Waals surface area contributed by atoms with Gasteiger partial charge in [-0.15, -0.1) is 0 Å². The summed E-state index contributed by atoms with van der Waals surface area (Å²) in [7, 11) is 1.72. The molecule has 112 valence electrons. The summed E-state index contributed by atoms with van der Waals surface area (Å²) in [6, 6.07) is 0. The molecule has 4 nitrogen and oxygen atoms in total. The SMILES string of the molecule is CCc1nn(CC)c(CC(=O)CC2(OC)CCC2)c1Br. The average molecular weight is 343 g/mol. The Balaban J connectivity index is 2.09. The van der Waals surface area contributed by atoms with Crippen LogP contribution in [0.15, 0.2) is 4.47 Å². The van der Waals surface area contributed by atoms with Gasteiger partial charge in [0.25, 0.3) is 0 Å². The highest BCUT2D eigenvalue weighted by Crippen LogP contribution is 2.38. The number of hydrogen-bond donors (Lipinski definition) is 0. The molecule has 1 fully saturated rings. The number of hydrogen-bond acceptors (Lipinski definition) is 3. The van der Waals surface area contributed by atoms with Gasteiger partial charge < -0.3 is 4.74 Å². The monoisotopic (exact) mass is 342 g/mol. The third-order valence-electron chi connectivity index (χ3n) is 4.28. The molecule has 2 rings (SSSR count). The molecule has 1 saturated carbocycles. The lowest BCUT2D eigenvalue weighted by Gasteiger charge is -2.40. The summed E-state index contributed by atoms with van der Waals surface area (Å²) >= 11 is 3.59. The van der Waals surface area contributed by atoms with E-state index in [0.29, 0.717) is 12.8 Å². The fourth-order valence-corrected chi connectivity index (χ4v) is 3.52. The first-order chi connectivity index (χ1) is 9.55. The van der Waals surface area contributed by atoms with Crippen molar-refractivity contribution in [1.82, 2.24) is 9.78 Å². The molecule has 0 radical (unpaired) electrons. The van der Waals surface area contributed by atoms with Gasteiger partial charge in [-0.25, -0.2) is 0 Å². The van der Waals surface area contributed by atoms with E-state index in [9.17, 15) is 4.79 Å². The van der Waals surface area contributed by atoms with Gasteiger partial charge in [0.2, 0.25) is 0 Å². The molecule has 0 aromatic carbocycles. The predicted octanol–water partition coefficient (Wildman–Crippen LogP) is 3.30. The summed E-state index contributed by atoms with van der Waals surface area (Å²) in [6.45, 7) is 4.92. The van der Waals surface area contributed by atoms with Crippen LogP contribution in [0, 0.1) is 0 Å². The van der Waals surface area contributed by atoms with Gasteiger partial charge in [-0.3, -0.25) is 9.48 Å². The molecule has 0 N–H and O–H groups in total. The fourth-order valence-electron chi connectivity index (χ4n) is 2.82. The number of halogens is 1. The average Bonchev–Trinajstić information content (AvgIpc) is 2.70. The number of aromatic nitrogens is 2. The van der Waals surface area contributed by atoms with E-state index in [1.165, 1.54) is 0 Å². The summed E-state index contributed by atoms with van der Waals surface area (Å²) in [5.41, 5.74) is 1.84. The van der Waals surface area contributed by atoms with Crippen molar-refractivity contribution in [3.63, 3.8) is 0 Å². The van der Waals surface area contributed by atoms with Gasteiger partial charge >= 0.3 is 0 Å². The van der Waals surface area contributed by atoms with Gasteiger partial charge in [0, 0.05) is 26.5 Å². The highest BCUT2D eigenvalue weighted by atomic mass is 79.9. The molecule has 0 spiro atoms. The van der Waals surface area contributed by atoms with Crippen molar-refractivity contribution in [3.05, 3.63) is 15.9 Å². The van der Waals surface area contributed by atoms with Crippen LogP contribution in [0.3, 0.4) is 0 Å². The Morgan fingerprint density at radius 3 is 2.60 bits per heavy atom. The first-order valence-electron chi connectivity index (χ1n) is 7.36. The summed E-state index contributed by atoms with van der Waals surface area (Å²) in [5.74, 6) is 0.240. The predicted molar refractivity (Wildman–Crippen MR) is 81.9 cm³/mol. The third-order valence-corrected chi connectivity index (χ3v) is 5.19. The molecule has 0 saturated heterocycles. The Morgan fingerprint density at radius 2 is 2.15 bits per heavy atom. The molecule has 1 aliphatic rings. The van der Waals surface area contributed by atoms with Gasteiger partial charge in [0.15, 0.2) is 0 Å².